The van der Waals surface area contributed by atoms with E-state index < -0.39 is 18.1 Å². The molecule has 0 saturated heterocycles. The first-order valence-electron chi connectivity index (χ1n) is 5.20. The van der Waals surface area contributed by atoms with E-state index in [1.807, 2.05) is 0 Å². The number of aliphatic hydroxyl groups is 1. The first-order valence-corrected chi connectivity index (χ1v) is 5.20. The van der Waals surface area contributed by atoms with Crippen molar-refractivity contribution in [2.75, 3.05) is 20.3 Å². The minimum Gasteiger partial charge on any atom is -0.394 e. The molecule has 98 valence electrons. The molecule has 2 atom stereocenters. The van der Waals surface area contributed by atoms with Crippen LogP contribution < -0.4 is 5.32 Å². The third-order valence-corrected chi connectivity index (χ3v) is 2.48. The standard InChI is InChI=1S/C10H20F3NO2/c1-8(6-9(2,7-15)14-3)16-5-4-10(11,12)13/h8,14-15H,4-7H2,1-3H3. The zero-order valence-electron chi connectivity index (χ0n) is 9.90. The van der Waals surface area contributed by atoms with Gasteiger partial charge in [-0.3, -0.25) is 0 Å². The molecule has 0 aromatic carbocycles. The lowest BCUT2D eigenvalue weighted by molar-refractivity contribution is -0.149. The van der Waals surface area contributed by atoms with Crippen LogP contribution in [0.5, 0.6) is 0 Å². The molecule has 0 heterocycles. The highest BCUT2D eigenvalue weighted by Crippen LogP contribution is 2.20. The first kappa shape index (κ1) is 15.7. The highest BCUT2D eigenvalue weighted by molar-refractivity contribution is 4.82. The zero-order valence-corrected chi connectivity index (χ0v) is 9.90. The minimum absolute atomic E-state index is 0.0868. The molecule has 2 unspecified atom stereocenters. The SMILES string of the molecule is CNC(C)(CO)CC(C)OCCC(F)(F)F. The van der Waals surface area contributed by atoms with Gasteiger partial charge >= 0.3 is 6.18 Å². The summed E-state index contributed by atoms with van der Waals surface area (Å²) in [5.74, 6) is 0. The van der Waals surface area contributed by atoms with Crippen molar-refractivity contribution in [2.24, 2.45) is 0 Å². The molecule has 6 heteroatoms. The second kappa shape index (κ2) is 6.42. The summed E-state index contributed by atoms with van der Waals surface area (Å²) in [7, 11) is 1.69. The molecule has 0 aliphatic carbocycles. The van der Waals surface area contributed by atoms with E-state index in [1.54, 1.807) is 20.9 Å². The maximum Gasteiger partial charge on any atom is 0.391 e. The molecule has 16 heavy (non-hydrogen) atoms. The summed E-state index contributed by atoms with van der Waals surface area (Å²) >= 11 is 0. The summed E-state index contributed by atoms with van der Waals surface area (Å²) in [6.07, 6.45) is -4.99. The smallest absolute Gasteiger partial charge is 0.391 e. The van der Waals surface area contributed by atoms with Crippen LogP contribution in [0.15, 0.2) is 0 Å². The Morgan fingerprint density at radius 3 is 2.31 bits per heavy atom. The second-order valence-electron chi connectivity index (χ2n) is 4.22. The Bertz CT molecular complexity index is 193. The van der Waals surface area contributed by atoms with Crippen LogP contribution in [0.1, 0.15) is 26.7 Å². The molecule has 0 aliphatic rings. The molecule has 0 saturated carbocycles. The molecule has 0 bridgehead atoms. The lowest BCUT2D eigenvalue weighted by atomic mass is 9.96. The molecular formula is C10H20F3NO2. The van der Waals surface area contributed by atoms with Crippen molar-refractivity contribution >= 4 is 0 Å². The Kier molecular flexibility index (Phi) is 6.28. The monoisotopic (exact) mass is 243 g/mol. The van der Waals surface area contributed by atoms with Crippen LogP contribution in [0, 0.1) is 0 Å². The van der Waals surface area contributed by atoms with Gasteiger partial charge in [0, 0.05) is 5.54 Å². The van der Waals surface area contributed by atoms with Crippen molar-refractivity contribution in [3.05, 3.63) is 0 Å². The fourth-order valence-corrected chi connectivity index (χ4v) is 1.31. The lowest BCUT2D eigenvalue weighted by Gasteiger charge is -2.29. The van der Waals surface area contributed by atoms with Crippen molar-refractivity contribution < 1.29 is 23.0 Å². The van der Waals surface area contributed by atoms with Gasteiger partial charge in [0.25, 0.3) is 0 Å². The molecular weight excluding hydrogens is 223 g/mol. The average molecular weight is 243 g/mol. The predicted molar refractivity (Wildman–Crippen MR) is 55.3 cm³/mol. The second-order valence-corrected chi connectivity index (χ2v) is 4.22. The van der Waals surface area contributed by atoms with Gasteiger partial charge in [-0.05, 0) is 27.3 Å². The van der Waals surface area contributed by atoms with E-state index in [-0.39, 0.29) is 19.3 Å². The molecule has 0 aromatic heterocycles. The summed E-state index contributed by atoms with van der Waals surface area (Å²) < 4.78 is 40.6. The highest BCUT2D eigenvalue weighted by Gasteiger charge is 2.28. The quantitative estimate of drug-likeness (QED) is 0.715. The van der Waals surface area contributed by atoms with Crippen molar-refractivity contribution in [1.29, 1.82) is 0 Å². The third kappa shape index (κ3) is 7.03. The number of hydrogen-bond donors (Lipinski definition) is 2. The van der Waals surface area contributed by atoms with Crippen molar-refractivity contribution in [1.82, 2.24) is 5.32 Å². The van der Waals surface area contributed by atoms with Crippen LogP contribution in [0.3, 0.4) is 0 Å². The Balaban J connectivity index is 3.86. The fraction of sp³-hybridized carbons (Fsp3) is 1.00. The molecule has 2 N–H and O–H groups in total. The number of likely N-dealkylation sites (N-methyl/N-ethyl adjacent to an activating group) is 1. The molecule has 0 aromatic rings. The van der Waals surface area contributed by atoms with Gasteiger partial charge in [-0.25, -0.2) is 0 Å². The van der Waals surface area contributed by atoms with Gasteiger partial charge in [-0.2, -0.15) is 13.2 Å². The molecule has 0 spiro atoms. The number of hydrogen-bond acceptors (Lipinski definition) is 3. The number of alkyl halides is 3. The summed E-state index contributed by atoms with van der Waals surface area (Å²) in [6, 6.07) is 0. The van der Waals surface area contributed by atoms with Crippen molar-refractivity contribution in [2.45, 2.75) is 44.5 Å². The van der Waals surface area contributed by atoms with Crippen molar-refractivity contribution in [3.8, 4) is 0 Å². The summed E-state index contributed by atoms with van der Waals surface area (Å²) in [5.41, 5.74) is -0.516. The molecule has 0 aliphatic heterocycles. The average Bonchev–Trinajstić information content (AvgIpc) is 2.15. The van der Waals surface area contributed by atoms with E-state index in [2.05, 4.69) is 5.32 Å². The van der Waals surface area contributed by atoms with Crippen LogP contribution in [0.4, 0.5) is 13.2 Å². The molecule has 0 rings (SSSR count). The number of halogens is 3. The van der Waals surface area contributed by atoms with Crippen LogP contribution >= 0.6 is 0 Å². The van der Waals surface area contributed by atoms with Gasteiger partial charge in [-0.15, -0.1) is 0 Å². The minimum atomic E-state index is -4.18. The van der Waals surface area contributed by atoms with Gasteiger partial charge in [-0.1, -0.05) is 0 Å². The van der Waals surface area contributed by atoms with E-state index in [0.29, 0.717) is 6.42 Å². The molecule has 3 nitrogen and oxygen atoms in total. The molecule has 0 amide bonds. The van der Waals surface area contributed by atoms with Gasteiger partial charge in [0.2, 0.25) is 0 Å². The predicted octanol–water partition coefficient (Wildman–Crippen LogP) is 1.70. The first-order chi connectivity index (χ1) is 7.22. The Hall–Kier alpha value is -0.330. The largest absolute Gasteiger partial charge is 0.394 e. The van der Waals surface area contributed by atoms with Gasteiger partial charge < -0.3 is 15.2 Å². The highest BCUT2D eigenvalue weighted by atomic mass is 19.4. The van der Waals surface area contributed by atoms with E-state index in [9.17, 15) is 13.2 Å². The van der Waals surface area contributed by atoms with Crippen LogP contribution in [-0.4, -0.2) is 43.2 Å². The molecule has 0 radical (unpaired) electrons. The number of ether oxygens (including phenoxy) is 1. The third-order valence-electron chi connectivity index (χ3n) is 2.48. The lowest BCUT2D eigenvalue weighted by Crippen LogP contribution is -2.46. The number of rotatable bonds is 7. The van der Waals surface area contributed by atoms with Gasteiger partial charge in [0.1, 0.15) is 0 Å². The van der Waals surface area contributed by atoms with E-state index in [4.69, 9.17) is 9.84 Å². The maximum atomic E-state index is 11.8. The Morgan fingerprint density at radius 1 is 1.38 bits per heavy atom. The fourth-order valence-electron chi connectivity index (χ4n) is 1.31. The van der Waals surface area contributed by atoms with Gasteiger partial charge in [0.15, 0.2) is 0 Å². The van der Waals surface area contributed by atoms with Crippen molar-refractivity contribution in [3.63, 3.8) is 0 Å². The topological polar surface area (TPSA) is 41.5 Å². The Labute approximate surface area is 94.0 Å². The Morgan fingerprint density at radius 2 is 1.94 bits per heavy atom. The summed E-state index contributed by atoms with van der Waals surface area (Å²) in [5, 5.41) is 12.0. The van der Waals surface area contributed by atoms with Gasteiger partial charge in [0.05, 0.1) is 25.7 Å². The number of aliphatic hydroxyl groups excluding tert-OH is 1. The van der Waals surface area contributed by atoms with Crippen LogP contribution in [-0.2, 0) is 4.74 Å². The summed E-state index contributed by atoms with van der Waals surface area (Å²) in [4.78, 5) is 0. The van der Waals surface area contributed by atoms with E-state index in [1.165, 1.54) is 0 Å². The van der Waals surface area contributed by atoms with E-state index in [0.717, 1.165) is 0 Å². The number of nitrogens with one attached hydrogen (secondary N) is 1. The van der Waals surface area contributed by atoms with Crippen LogP contribution in [0.25, 0.3) is 0 Å². The van der Waals surface area contributed by atoms with E-state index >= 15 is 0 Å². The summed E-state index contributed by atoms with van der Waals surface area (Å²) in [6.45, 7) is 3.06. The maximum absolute atomic E-state index is 11.8. The zero-order chi connectivity index (χ0) is 12.8. The van der Waals surface area contributed by atoms with Crippen LogP contribution in [0.2, 0.25) is 0 Å². The molecule has 0 fully saturated rings. The normalized spacial score (nSPS) is 18.2.